The van der Waals surface area contributed by atoms with Gasteiger partial charge in [0.1, 0.15) is 0 Å². The van der Waals surface area contributed by atoms with Crippen molar-refractivity contribution >= 4 is 11.9 Å². The summed E-state index contributed by atoms with van der Waals surface area (Å²) in [5.41, 5.74) is 0.340. The fourth-order valence-electron chi connectivity index (χ4n) is 3.05. The molecule has 1 unspecified atom stereocenters. The van der Waals surface area contributed by atoms with E-state index in [1.807, 2.05) is 30.3 Å². The maximum absolute atomic E-state index is 12.1. The lowest BCUT2D eigenvalue weighted by atomic mass is 9.82. The van der Waals surface area contributed by atoms with Crippen molar-refractivity contribution in [3.8, 4) is 0 Å². The second-order valence-electron chi connectivity index (χ2n) is 6.09. The molecule has 0 bridgehead atoms. The first kappa shape index (κ1) is 15.5. The number of benzene rings is 1. The molecular weight excluding hydrogens is 266 g/mol. The average molecular weight is 289 g/mol. The molecule has 1 saturated carbocycles. The van der Waals surface area contributed by atoms with Gasteiger partial charge >= 0.3 is 5.97 Å². The maximum Gasteiger partial charge on any atom is 0.310 e. The minimum absolute atomic E-state index is 0.101. The van der Waals surface area contributed by atoms with E-state index in [9.17, 15) is 14.7 Å². The second-order valence-corrected chi connectivity index (χ2v) is 6.09. The average Bonchev–Trinajstić information content (AvgIpc) is 2.95. The Kier molecular flexibility index (Phi) is 4.99. The molecule has 0 spiro atoms. The highest BCUT2D eigenvalue weighted by atomic mass is 16.4. The van der Waals surface area contributed by atoms with Crippen molar-refractivity contribution in [2.45, 2.75) is 44.9 Å². The number of aliphatic carboxylic acids is 1. The standard InChI is InChI=1S/C17H23NO3/c1-13(14-7-3-2-4-8-14)12-18-15(19)11-17(16(20)21)9-5-6-10-17/h2-4,7-8,13H,5-6,9-12H2,1H3,(H,18,19)(H,20,21). The zero-order valence-corrected chi connectivity index (χ0v) is 12.5. The highest BCUT2D eigenvalue weighted by Crippen LogP contribution is 2.41. The first-order chi connectivity index (χ1) is 10.0. The van der Waals surface area contributed by atoms with Crippen LogP contribution in [0.2, 0.25) is 0 Å². The van der Waals surface area contributed by atoms with Crippen LogP contribution >= 0.6 is 0 Å². The summed E-state index contributed by atoms with van der Waals surface area (Å²) < 4.78 is 0. The summed E-state index contributed by atoms with van der Waals surface area (Å²) in [4.78, 5) is 23.5. The zero-order chi connectivity index (χ0) is 15.3. The molecule has 4 heteroatoms. The molecule has 1 atom stereocenters. The van der Waals surface area contributed by atoms with Gasteiger partial charge in [-0.3, -0.25) is 9.59 Å². The molecule has 1 fully saturated rings. The summed E-state index contributed by atoms with van der Waals surface area (Å²) >= 11 is 0. The second kappa shape index (κ2) is 6.74. The van der Waals surface area contributed by atoms with Crippen LogP contribution in [0.15, 0.2) is 30.3 Å². The van der Waals surface area contributed by atoms with Gasteiger partial charge in [-0.25, -0.2) is 0 Å². The number of rotatable bonds is 6. The van der Waals surface area contributed by atoms with Crippen molar-refractivity contribution in [3.05, 3.63) is 35.9 Å². The quantitative estimate of drug-likeness (QED) is 0.846. The Morgan fingerprint density at radius 1 is 1.24 bits per heavy atom. The van der Waals surface area contributed by atoms with E-state index in [2.05, 4.69) is 12.2 Å². The van der Waals surface area contributed by atoms with E-state index in [0.29, 0.717) is 19.4 Å². The van der Waals surface area contributed by atoms with Crippen molar-refractivity contribution in [2.24, 2.45) is 5.41 Å². The lowest BCUT2D eigenvalue weighted by molar-refractivity contribution is -0.151. The van der Waals surface area contributed by atoms with E-state index in [1.165, 1.54) is 5.56 Å². The Bertz CT molecular complexity index is 492. The van der Waals surface area contributed by atoms with Gasteiger partial charge in [-0.15, -0.1) is 0 Å². The molecule has 1 aromatic carbocycles. The van der Waals surface area contributed by atoms with Crippen molar-refractivity contribution in [2.75, 3.05) is 6.54 Å². The first-order valence-electron chi connectivity index (χ1n) is 7.58. The number of carbonyl (C=O) groups is 2. The van der Waals surface area contributed by atoms with Gasteiger partial charge in [-0.05, 0) is 24.3 Å². The van der Waals surface area contributed by atoms with Gasteiger partial charge in [0.05, 0.1) is 5.41 Å². The molecule has 21 heavy (non-hydrogen) atoms. The largest absolute Gasteiger partial charge is 0.481 e. The molecule has 1 aliphatic carbocycles. The van der Waals surface area contributed by atoms with Crippen molar-refractivity contribution < 1.29 is 14.7 Å². The smallest absolute Gasteiger partial charge is 0.310 e. The molecule has 0 aromatic heterocycles. The molecule has 2 N–H and O–H groups in total. The van der Waals surface area contributed by atoms with E-state index in [1.54, 1.807) is 0 Å². The van der Waals surface area contributed by atoms with Crippen LogP contribution in [0.4, 0.5) is 0 Å². The number of hydrogen-bond acceptors (Lipinski definition) is 2. The summed E-state index contributed by atoms with van der Waals surface area (Å²) in [6.45, 7) is 2.59. The van der Waals surface area contributed by atoms with Crippen molar-refractivity contribution in [1.29, 1.82) is 0 Å². The summed E-state index contributed by atoms with van der Waals surface area (Å²) in [6.07, 6.45) is 3.14. The number of carboxylic acid groups (broad SMARTS) is 1. The minimum atomic E-state index is -0.833. The van der Waals surface area contributed by atoms with Crippen LogP contribution in [0.1, 0.15) is 50.5 Å². The molecular formula is C17H23NO3. The highest BCUT2D eigenvalue weighted by molar-refractivity contribution is 5.85. The third kappa shape index (κ3) is 3.84. The van der Waals surface area contributed by atoms with Crippen LogP contribution in [0.25, 0.3) is 0 Å². The van der Waals surface area contributed by atoms with E-state index < -0.39 is 11.4 Å². The molecule has 1 amide bonds. The van der Waals surface area contributed by atoms with Crippen LogP contribution in [-0.4, -0.2) is 23.5 Å². The van der Waals surface area contributed by atoms with Crippen LogP contribution < -0.4 is 5.32 Å². The third-order valence-corrected chi connectivity index (χ3v) is 4.49. The molecule has 2 rings (SSSR count). The van der Waals surface area contributed by atoms with Gasteiger partial charge in [-0.1, -0.05) is 50.1 Å². The Labute approximate surface area is 125 Å². The molecule has 1 aromatic rings. The number of nitrogens with one attached hydrogen (secondary N) is 1. The van der Waals surface area contributed by atoms with E-state index >= 15 is 0 Å². The molecule has 114 valence electrons. The highest BCUT2D eigenvalue weighted by Gasteiger charge is 2.42. The summed E-state index contributed by atoms with van der Waals surface area (Å²) in [7, 11) is 0. The molecule has 4 nitrogen and oxygen atoms in total. The molecule has 0 heterocycles. The Morgan fingerprint density at radius 2 is 1.86 bits per heavy atom. The Balaban J connectivity index is 1.86. The lowest BCUT2D eigenvalue weighted by Crippen LogP contribution is -2.36. The fourth-order valence-corrected chi connectivity index (χ4v) is 3.05. The van der Waals surface area contributed by atoms with Gasteiger partial charge < -0.3 is 10.4 Å². The van der Waals surface area contributed by atoms with Gasteiger partial charge in [0.25, 0.3) is 0 Å². The van der Waals surface area contributed by atoms with Crippen LogP contribution in [0.5, 0.6) is 0 Å². The fraction of sp³-hybridized carbons (Fsp3) is 0.529. The minimum Gasteiger partial charge on any atom is -0.481 e. The topological polar surface area (TPSA) is 66.4 Å². The van der Waals surface area contributed by atoms with Crippen LogP contribution in [0.3, 0.4) is 0 Å². The number of carbonyl (C=O) groups excluding carboxylic acids is 1. The van der Waals surface area contributed by atoms with E-state index in [-0.39, 0.29) is 18.2 Å². The molecule has 0 radical (unpaired) electrons. The lowest BCUT2D eigenvalue weighted by Gasteiger charge is -2.23. The summed E-state index contributed by atoms with van der Waals surface area (Å²) in [5.74, 6) is -0.757. The van der Waals surface area contributed by atoms with Crippen LogP contribution in [-0.2, 0) is 9.59 Å². The van der Waals surface area contributed by atoms with Crippen molar-refractivity contribution in [3.63, 3.8) is 0 Å². The van der Waals surface area contributed by atoms with Gasteiger partial charge in [0.2, 0.25) is 5.91 Å². The van der Waals surface area contributed by atoms with Gasteiger partial charge in [0, 0.05) is 13.0 Å². The summed E-state index contributed by atoms with van der Waals surface area (Å²) in [5, 5.41) is 12.3. The number of amides is 1. The SMILES string of the molecule is CC(CNC(=O)CC1(C(=O)O)CCCC1)c1ccccc1. The van der Waals surface area contributed by atoms with Crippen molar-refractivity contribution in [1.82, 2.24) is 5.32 Å². The molecule has 0 aliphatic heterocycles. The number of carboxylic acids is 1. The predicted molar refractivity (Wildman–Crippen MR) is 81.0 cm³/mol. The first-order valence-corrected chi connectivity index (χ1v) is 7.58. The van der Waals surface area contributed by atoms with Gasteiger partial charge in [0.15, 0.2) is 0 Å². The number of hydrogen-bond donors (Lipinski definition) is 2. The monoisotopic (exact) mass is 289 g/mol. The normalized spacial score (nSPS) is 18.1. The summed E-state index contributed by atoms with van der Waals surface area (Å²) in [6, 6.07) is 9.99. The maximum atomic E-state index is 12.1. The third-order valence-electron chi connectivity index (χ3n) is 4.49. The van der Waals surface area contributed by atoms with Gasteiger partial charge in [-0.2, -0.15) is 0 Å². The Morgan fingerprint density at radius 3 is 2.43 bits per heavy atom. The van der Waals surface area contributed by atoms with Crippen LogP contribution in [0, 0.1) is 5.41 Å². The predicted octanol–water partition coefficient (Wildman–Crippen LogP) is 2.94. The molecule has 1 aliphatic rings. The van der Waals surface area contributed by atoms with E-state index in [4.69, 9.17) is 0 Å². The van der Waals surface area contributed by atoms with E-state index in [0.717, 1.165) is 12.8 Å². The zero-order valence-electron chi connectivity index (χ0n) is 12.5. The molecule has 0 saturated heterocycles. The Hall–Kier alpha value is -1.84.